The molecule has 1 amide bonds. The third-order valence-corrected chi connectivity index (χ3v) is 13.6. The van der Waals surface area contributed by atoms with Crippen molar-refractivity contribution in [1.29, 1.82) is 0 Å². The molecule has 1 saturated carbocycles. The van der Waals surface area contributed by atoms with E-state index < -0.39 is 17.7 Å². The number of carbonyl (C=O) groups is 1. The number of nitrogens with zero attached hydrogens (tertiary/aromatic N) is 3. The highest BCUT2D eigenvalue weighted by Crippen LogP contribution is 2.62. The standard InChI is InChI=1S/C54H74FN3O7/c1-5-7-8-9-10-11-12-13-14-24-51(61)58(37-40-25-27-42(55)28-26-40)50-36-48(57-62-4)46-34-41(21-15-17-31-59)45(23-16-18-32-60)52-47-35-44(63-38-43-22-19-20-39(3)56-43)29-30-49(47)65-54(50,53(46)52)64-33-6-2/h6,19-20,22,25-30,34-35,41,45,50,52-53,59-60H,2,5,7-18,21,23-24,31-33,36-38H2,1,3-4H3/t41-,45+,50-,52+,53+,54+/m0/s1. The van der Waals surface area contributed by atoms with Crippen molar-refractivity contribution in [3.05, 3.63) is 113 Å². The van der Waals surface area contributed by atoms with Gasteiger partial charge in [0.15, 0.2) is 0 Å². The van der Waals surface area contributed by atoms with E-state index in [0.29, 0.717) is 43.8 Å². The first-order valence-corrected chi connectivity index (χ1v) is 24.5. The summed E-state index contributed by atoms with van der Waals surface area (Å²) >= 11 is 0. The fourth-order valence-corrected chi connectivity index (χ4v) is 10.6. The quantitative estimate of drug-likeness (QED) is 0.0420. The molecule has 0 spiro atoms. The molecular weight excluding hydrogens is 822 g/mol. The number of pyridine rings is 1. The summed E-state index contributed by atoms with van der Waals surface area (Å²) in [6.45, 7) is 9.16. The maximum absolute atomic E-state index is 15.0. The maximum atomic E-state index is 15.0. The van der Waals surface area contributed by atoms with Crippen LogP contribution in [0.1, 0.15) is 145 Å². The van der Waals surface area contributed by atoms with Crippen molar-refractivity contribution in [2.45, 2.75) is 154 Å². The van der Waals surface area contributed by atoms with E-state index in [1.165, 1.54) is 44.2 Å². The lowest BCUT2D eigenvalue weighted by molar-refractivity contribution is -0.258. The fraction of sp³-hybridized carbons (Fsp3) is 0.574. The molecule has 0 saturated heterocycles. The monoisotopic (exact) mass is 896 g/mol. The Morgan fingerprint density at radius 1 is 0.954 bits per heavy atom. The van der Waals surface area contributed by atoms with Gasteiger partial charge in [-0.15, -0.1) is 6.58 Å². The normalized spacial score (nSPS) is 22.6. The van der Waals surface area contributed by atoms with E-state index in [-0.39, 0.29) is 55.8 Å². The number of rotatable bonds is 28. The number of allylic oxidation sites excluding steroid dienone is 1. The molecule has 0 bridgehead atoms. The highest BCUT2D eigenvalue weighted by atomic mass is 19.1. The topological polar surface area (TPSA) is 123 Å². The number of halogens is 1. The molecule has 2 aromatic carbocycles. The summed E-state index contributed by atoms with van der Waals surface area (Å²) in [5, 5.41) is 24.6. The van der Waals surface area contributed by atoms with Gasteiger partial charge in [-0.2, -0.15) is 0 Å². The van der Waals surface area contributed by atoms with Crippen LogP contribution in [-0.4, -0.2) is 70.5 Å². The van der Waals surface area contributed by atoms with Crippen LogP contribution in [0, 0.1) is 30.5 Å². The number of ether oxygens (including phenoxy) is 3. The van der Waals surface area contributed by atoms with E-state index in [2.05, 4.69) is 30.6 Å². The Labute approximate surface area is 387 Å². The van der Waals surface area contributed by atoms with E-state index >= 15 is 4.79 Å². The first-order chi connectivity index (χ1) is 31.8. The van der Waals surface area contributed by atoms with Crippen molar-refractivity contribution in [3.63, 3.8) is 0 Å². The Hall–Kier alpha value is -4.58. The Morgan fingerprint density at radius 2 is 1.68 bits per heavy atom. The average molecular weight is 896 g/mol. The number of aromatic nitrogens is 1. The maximum Gasteiger partial charge on any atom is 0.239 e. The molecule has 3 aromatic rings. The molecule has 6 rings (SSSR count). The number of unbranched alkanes of at least 4 members (excludes halogenated alkanes) is 10. The van der Waals surface area contributed by atoms with Gasteiger partial charge in [0.25, 0.3) is 0 Å². The molecule has 10 nitrogen and oxygen atoms in total. The number of aliphatic hydroxyl groups is 2. The van der Waals surface area contributed by atoms with Crippen molar-refractivity contribution in [2.24, 2.45) is 22.9 Å². The number of benzene rings is 2. The SMILES string of the molecule is C=CCO[C@@]12Oc3ccc(OCc4cccc(C)n4)cc3[C@H]3[C@H](CCCCO)[C@@H](CCCCO)C=C(C(=NOC)C[C@@H]1N(Cc1ccc(F)cc1)C(=O)CCCCCCCCCCC)[C@H]32. The molecule has 1 aromatic heterocycles. The summed E-state index contributed by atoms with van der Waals surface area (Å²) in [6.07, 6.45) is 19.6. The molecular formula is C54H74FN3O7. The summed E-state index contributed by atoms with van der Waals surface area (Å²) in [5.74, 6) is -0.875. The second kappa shape index (κ2) is 25.4. The second-order valence-electron chi connectivity index (χ2n) is 18.2. The number of oxime groups is 1. The van der Waals surface area contributed by atoms with Crippen LogP contribution in [-0.2, 0) is 27.5 Å². The van der Waals surface area contributed by atoms with Crippen LogP contribution in [0.25, 0.3) is 0 Å². The molecule has 65 heavy (non-hydrogen) atoms. The number of carbonyl (C=O) groups excluding carboxylic acids is 1. The lowest BCUT2D eigenvalue weighted by atomic mass is 9.55. The lowest BCUT2D eigenvalue weighted by Gasteiger charge is -2.60. The zero-order valence-electron chi connectivity index (χ0n) is 39.2. The molecule has 354 valence electrons. The van der Waals surface area contributed by atoms with Gasteiger partial charge in [0.05, 0.1) is 23.9 Å². The van der Waals surface area contributed by atoms with E-state index in [9.17, 15) is 14.6 Å². The number of aryl methyl sites for hydroxylation is 1. The predicted octanol–water partition coefficient (Wildman–Crippen LogP) is 11.3. The van der Waals surface area contributed by atoms with Gasteiger partial charge in [-0.3, -0.25) is 9.78 Å². The van der Waals surface area contributed by atoms with Gasteiger partial charge < -0.3 is 34.2 Å². The number of aliphatic hydroxyl groups excluding tert-OH is 2. The van der Waals surface area contributed by atoms with E-state index in [1.54, 1.807) is 25.3 Å². The minimum absolute atomic E-state index is 0.0234. The van der Waals surface area contributed by atoms with Gasteiger partial charge in [0.2, 0.25) is 11.7 Å². The van der Waals surface area contributed by atoms with Crippen LogP contribution in [0.4, 0.5) is 4.39 Å². The second-order valence-corrected chi connectivity index (χ2v) is 18.2. The van der Waals surface area contributed by atoms with Gasteiger partial charge in [0, 0.05) is 49.8 Å². The number of amides is 1. The van der Waals surface area contributed by atoms with Gasteiger partial charge in [0.1, 0.15) is 37.1 Å². The summed E-state index contributed by atoms with van der Waals surface area (Å²) in [4.78, 5) is 27.2. The van der Waals surface area contributed by atoms with Crippen LogP contribution >= 0.6 is 0 Å². The van der Waals surface area contributed by atoms with Crippen molar-refractivity contribution in [2.75, 3.05) is 26.9 Å². The molecule has 2 aliphatic carbocycles. The lowest BCUT2D eigenvalue weighted by Crippen LogP contribution is -2.70. The molecule has 0 unspecified atom stereocenters. The molecule has 6 atom stereocenters. The van der Waals surface area contributed by atoms with Crippen LogP contribution < -0.4 is 9.47 Å². The summed E-state index contributed by atoms with van der Waals surface area (Å²) in [7, 11) is 1.56. The number of hydrogen-bond acceptors (Lipinski definition) is 9. The first-order valence-electron chi connectivity index (χ1n) is 24.5. The summed E-state index contributed by atoms with van der Waals surface area (Å²) < 4.78 is 35.4. The minimum Gasteiger partial charge on any atom is -0.487 e. The Balaban J connectivity index is 1.47. The van der Waals surface area contributed by atoms with Gasteiger partial charge in [-0.1, -0.05) is 107 Å². The first kappa shape index (κ1) is 49.8. The smallest absolute Gasteiger partial charge is 0.239 e. The summed E-state index contributed by atoms with van der Waals surface area (Å²) in [6, 6.07) is 17.6. The number of fused-ring (bicyclic) bond motifs is 2. The van der Waals surface area contributed by atoms with E-state index in [4.69, 9.17) is 24.2 Å². The van der Waals surface area contributed by atoms with Crippen molar-refractivity contribution in [1.82, 2.24) is 9.88 Å². The molecule has 2 N–H and O–H groups in total. The van der Waals surface area contributed by atoms with Crippen LogP contribution in [0.3, 0.4) is 0 Å². The molecule has 2 heterocycles. The highest BCUT2D eigenvalue weighted by Gasteiger charge is 2.65. The van der Waals surface area contributed by atoms with E-state index in [1.807, 2.05) is 42.2 Å². The molecule has 1 aliphatic heterocycles. The molecule has 11 heteroatoms. The largest absolute Gasteiger partial charge is 0.487 e. The highest BCUT2D eigenvalue weighted by molar-refractivity contribution is 6.03. The Morgan fingerprint density at radius 3 is 2.37 bits per heavy atom. The van der Waals surface area contributed by atoms with Crippen molar-refractivity contribution >= 4 is 11.6 Å². The van der Waals surface area contributed by atoms with Crippen LogP contribution in [0.5, 0.6) is 11.5 Å². The third kappa shape index (κ3) is 12.9. The van der Waals surface area contributed by atoms with Gasteiger partial charge >= 0.3 is 0 Å². The molecule has 0 radical (unpaired) electrons. The number of hydrogen-bond donors (Lipinski definition) is 2. The van der Waals surface area contributed by atoms with Gasteiger partial charge in [-0.25, -0.2) is 4.39 Å². The zero-order chi connectivity index (χ0) is 46.0. The fourth-order valence-electron chi connectivity index (χ4n) is 10.6. The third-order valence-electron chi connectivity index (χ3n) is 13.6. The van der Waals surface area contributed by atoms with Crippen molar-refractivity contribution in [3.8, 4) is 11.5 Å². The van der Waals surface area contributed by atoms with E-state index in [0.717, 1.165) is 85.2 Å². The Bertz CT molecular complexity index is 2020. The average Bonchev–Trinajstić information content (AvgIpc) is 3.31. The molecule has 1 fully saturated rings. The zero-order valence-corrected chi connectivity index (χ0v) is 39.2. The van der Waals surface area contributed by atoms with Crippen LogP contribution in [0.2, 0.25) is 0 Å². The molecule has 3 aliphatic rings. The minimum atomic E-state index is -1.39. The van der Waals surface area contributed by atoms with Gasteiger partial charge in [-0.05, 0) is 104 Å². The van der Waals surface area contributed by atoms with Crippen LogP contribution in [0.15, 0.2) is 90.1 Å². The predicted molar refractivity (Wildman–Crippen MR) is 254 cm³/mol. The summed E-state index contributed by atoms with van der Waals surface area (Å²) in [5.41, 5.74) is 5.23. The van der Waals surface area contributed by atoms with Crippen molar-refractivity contribution < 1.29 is 38.4 Å². The Kier molecular flexibility index (Phi) is 19.4.